The van der Waals surface area contributed by atoms with E-state index in [4.69, 9.17) is 9.47 Å². The number of nitrogens with zero attached hydrogens (tertiary/aromatic N) is 3. The molecule has 2 aliphatic rings. The molecule has 1 saturated carbocycles. The molecule has 6 heteroatoms. The Labute approximate surface area is 118 Å². The van der Waals surface area contributed by atoms with Crippen LogP contribution < -0.4 is 0 Å². The molecule has 2 heterocycles. The smallest absolute Gasteiger partial charge is 0.191 e. The molecule has 3 rings (SSSR count). The molecule has 1 spiro atoms. The summed E-state index contributed by atoms with van der Waals surface area (Å²) in [7, 11) is 0. The highest BCUT2D eigenvalue weighted by Gasteiger charge is 2.40. The fourth-order valence-electron chi connectivity index (χ4n) is 2.75. The summed E-state index contributed by atoms with van der Waals surface area (Å²) in [5.74, 6) is -0.261. The summed E-state index contributed by atoms with van der Waals surface area (Å²) in [6.07, 6.45) is 6.06. The molecule has 1 aromatic heterocycles. The second-order valence-corrected chi connectivity index (χ2v) is 6.81. The number of thioether (sulfide) groups is 1. The number of hydrogen-bond acceptors (Lipinski definition) is 5. The summed E-state index contributed by atoms with van der Waals surface area (Å²) in [5.41, 5.74) is 0. The molecule has 1 aliphatic heterocycles. The topological polar surface area (TPSA) is 49.2 Å². The van der Waals surface area contributed by atoms with Gasteiger partial charge in [0.2, 0.25) is 0 Å². The Morgan fingerprint density at radius 3 is 2.63 bits per heavy atom. The van der Waals surface area contributed by atoms with Crippen molar-refractivity contribution in [3.8, 4) is 0 Å². The van der Waals surface area contributed by atoms with Gasteiger partial charge in [-0.25, -0.2) is 0 Å². The third-order valence-corrected chi connectivity index (χ3v) is 5.18. The van der Waals surface area contributed by atoms with Crippen molar-refractivity contribution in [2.24, 2.45) is 0 Å². The zero-order chi connectivity index (χ0) is 13.3. The van der Waals surface area contributed by atoms with E-state index in [2.05, 4.69) is 28.6 Å². The van der Waals surface area contributed by atoms with Crippen molar-refractivity contribution < 1.29 is 9.47 Å². The van der Waals surface area contributed by atoms with Crippen LogP contribution in [0, 0.1) is 0 Å². The van der Waals surface area contributed by atoms with Crippen LogP contribution in [-0.2, 0) is 9.47 Å². The molecule has 1 aliphatic carbocycles. The summed E-state index contributed by atoms with van der Waals surface area (Å²) >= 11 is 1.85. The van der Waals surface area contributed by atoms with Crippen molar-refractivity contribution in [2.75, 3.05) is 13.2 Å². The maximum Gasteiger partial charge on any atom is 0.191 e. The van der Waals surface area contributed by atoms with Gasteiger partial charge in [-0.2, -0.15) is 0 Å². The number of ether oxygens (including phenoxy) is 2. The second-order valence-electron chi connectivity index (χ2n) is 5.54. The van der Waals surface area contributed by atoms with Crippen LogP contribution in [0.25, 0.3) is 0 Å². The Morgan fingerprint density at radius 1 is 1.32 bits per heavy atom. The van der Waals surface area contributed by atoms with Crippen LogP contribution in [-0.4, -0.2) is 39.0 Å². The fourth-order valence-corrected chi connectivity index (χ4v) is 4.00. The Hall–Kier alpha value is -0.590. The van der Waals surface area contributed by atoms with Gasteiger partial charge in [0.15, 0.2) is 10.9 Å². The lowest BCUT2D eigenvalue weighted by atomic mass is 9.94. The first-order valence-electron chi connectivity index (χ1n) is 7.03. The van der Waals surface area contributed by atoms with Crippen molar-refractivity contribution in [1.29, 1.82) is 0 Å². The van der Waals surface area contributed by atoms with Gasteiger partial charge in [0.1, 0.15) is 6.33 Å². The van der Waals surface area contributed by atoms with Crippen LogP contribution in [0.5, 0.6) is 0 Å². The molecule has 0 radical (unpaired) electrons. The van der Waals surface area contributed by atoms with E-state index in [0.717, 1.165) is 44.1 Å². The highest BCUT2D eigenvalue weighted by Crippen LogP contribution is 2.41. The number of aromatic nitrogens is 3. The molecule has 0 N–H and O–H groups in total. The lowest BCUT2D eigenvalue weighted by Crippen LogP contribution is -2.36. The Bertz CT molecular complexity index is 419. The Morgan fingerprint density at radius 2 is 2.00 bits per heavy atom. The maximum atomic E-state index is 5.76. The van der Waals surface area contributed by atoms with E-state index in [9.17, 15) is 0 Å². The number of rotatable bonds is 3. The van der Waals surface area contributed by atoms with Gasteiger partial charge in [0.25, 0.3) is 0 Å². The largest absolute Gasteiger partial charge is 0.348 e. The first kappa shape index (κ1) is 13.4. The summed E-state index contributed by atoms with van der Waals surface area (Å²) in [6.45, 7) is 5.81. The summed E-state index contributed by atoms with van der Waals surface area (Å²) in [5, 5.41) is 9.89. The normalized spacial score (nSPS) is 23.5. The van der Waals surface area contributed by atoms with Crippen molar-refractivity contribution in [3.63, 3.8) is 0 Å². The highest BCUT2D eigenvalue weighted by atomic mass is 32.2. The van der Waals surface area contributed by atoms with E-state index in [0.29, 0.717) is 11.3 Å². The molecule has 106 valence electrons. The van der Waals surface area contributed by atoms with Gasteiger partial charge < -0.3 is 14.0 Å². The minimum Gasteiger partial charge on any atom is -0.348 e. The van der Waals surface area contributed by atoms with Crippen molar-refractivity contribution >= 4 is 11.8 Å². The molecule has 2 fully saturated rings. The minimum atomic E-state index is -0.261. The first-order chi connectivity index (χ1) is 9.19. The van der Waals surface area contributed by atoms with E-state index in [-0.39, 0.29) is 5.79 Å². The quantitative estimate of drug-likeness (QED) is 0.853. The third kappa shape index (κ3) is 2.80. The van der Waals surface area contributed by atoms with Crippen LogP contribution in [0.3, 0.4) is 0 Å². The van der Waals surface area contributed by atoms with E-state index < -0.39 is 0 Å². The zero-order valence-electron chi connectivity index (χ0n) is 11.5. The van der Waals surface area contributed by atoms with Crippen molar-refractivity contribution in [1.82, 2.24) is 14.8 Å². The van der Waals surface area contributed by atoms with Gasteiger partial charge in [0.05, 0.1) is 13.2 Å². The standard InChI is InChI=1S/C13H21N3O2S/c1-10(2)16-9-14-15-12(16)19-11-3-5-13(6-4-11)17-7-8-18-13/h9-11H,3-8H2,1-2H3. The average molecular weight is 283 g/mol. The summed E-state index contributed by atoms with van der Waals surface area (Å²) in [6, 6.07) is 0.411. The van der Waals surface area contributed by atoms with Crippen molar-refractivity contribution in [2.45, 2.75) is 61.8 Å². The van der Waals surface area contributed by atoms with Gasteiger partial charge >= 0.3 is 0 Å². The number of hydrogen-bond donors (Lipinski definition) is 0. The lowest BCUT2D eigenvalue weighted by Gasteiger charge is -2.34. The Kier molecular flexibility index (Phi) is 3.82. The maximum absolute atomic E-state index is 5.76. The Balaban J connectivity index is 1.58. The summed E-state index contributed by atoms with van der Waals surface area (Å²) in [4.78, 5) is 0. The van der Waals surface area contributed by atoms with Gasteiger partial charge in [0, 0.05) is 24.1 Å². The van der Waals surface area contributed by atoms with E-state index >= 15 is 0 Å². The fraction of sp³-hybridized carbons (Fsp3) is 0.846. The van der Waals surface area contributed by atoms with Crippen molar-refractivity contribution in [3.05, 3.63) is 6.33 Å². The first-order valence-corrected chi connectivity index (χ1v) is 7.91. The molecule has 0 amide bonds. The molecule has 0 aromatic carbocycles. The minimum absolute atomic E-state index is 0.261. The van der Waals surface area contributed by atoms with Crippen LogP contribution in [0.2, 0.25) is 0 Å². The van der Waals surface area contributed by atoms with E-state index in [1.807, 2.05) is 18.1 Å². The summed E-state index contributed by atoms with van der Waals surface area (Å²) < 4.78 is 13.7. The lowest BCUT2D eigenvalue weighted by molar-refractivity contribution is -0.175. The monoisotopic (exact) mass is 283 g/mol. The molecule has 1 aromatic rings. The van der Waals surface area contributed by atoms with Crippen LogP contribution in [0.4, 0.5) is 0 Å². The molecule has 0 atom stereocenters. The SMILES string of the molecule is CC(C)n1cnnc1SC1CCC2(CC1)OCCO2. The highest BCUT2D eigenvalue weighted by molar-refractivity contribution is 7.99. The third-order valence-electron chi connectivity index (χ3n) is 3.88. The van der Waals surface area contributed by atoms with Gasteiger partial charge in [-0.3, -0.25) is 0 Å². The molecular weight excluding hydrogens is 262 g/mol. The second kappa shape index (κ2) is 5.42. The van der Waals surface area contributed by atoms with E-state index in [1.54, 1.807) is 0 Å². The molecule has 1 saturated heterocycles. The molecular formula is C13H21N3O2S. The van der Waals surface area contributed by atoms with Gasteiger partial charge in [-0.05, 0) is 26.7 Å². The average Bonchev–Trinajstić information content (AvgIpc) is 3.02. The van der Waals surface area contributed by atoms with Crippen LogP contribution in [0.15, 0.2) is 11.5 Å². The van der Waals surface area contributed by atoms with E-state index in [1.165, 1.54) is 0 Å². The molecule has 19 heavy (non-hydrogen) atoms. The predicted octanol–water partition coefficient (Wildman–Crippen LogP) is 2.64. The zero-order valence-corrected chi connectivity index (χ0v) is 12.4. The van der Waals surface area contributed by atoms with Crippen LogP contribution >= 0.6 is 11.8 Å². The van der Waals surface area contributed by atoms with Crippen LogP contribution in [0.1, 0.15) is 45.6 Å². The molecule has 5 nitrogen and oxygen atoms in total. The molecule has 0 bridgehead atoms. The van der Waals surface area contributed by atoms with Gasteiger partial charge in [-0.15, -0.1) is 10.2 Å². The predicted molar refractivity (Wildman–Crippen MR) is 73.2 cm³/mol. The van der Waals surface area contributed by atoms with Gasteiger partial charge in [-0.1, -0.05) is 11.8 Å². The molecule has 0 unspecified atom stereocenters.